The van der Waals surface area contributed by atoms with Gasteiger partial charge >= 0.3 is 0 Å². The first-order valence-corrected chi connectivity index (χ1v) is 7.84. The number of hydrogen-bond donors (Lipinski definition) is 0. The van der Waals surface area contributed by atoms with Crippen LogP contribution in [0.5, 0.6) is 0 Å². The molecule has 1 aliphatic rings. The van der Waals surface area contributed by atoms with Crippen molar-refractivity contribution < 1.29 is 0 Å². The van der Waals surface area contributed by atoms with Crippen LogP contribution in [0.4, 0.5) is 0 Å². The molecule has 0 atom stereocenters. The summed E-state index contributed by atoms with van der Waals surface area (Å²) < 4.78 is 1.25. The number of rotatable bonds is 0. The summed E-state index contributed by atoms with van der Waals surface area (Å²) in [4.78, 5) is 5.44. The molecule has 17 heavy (non-hydrogen) atoms. The van der Waals surface area contributed by atoms with Crippen molar-refractivity contribution in [2.45, 2.75) is 33.4 Å². The Morgan fingerprint density at radius 3 is 2.29 bits per heavy atom. The minimum Gasteiger partial charge on any atom is -0.0877 e. The second-order valence-electron chi connectivity index (χ2n) is 4.11. The minimum absolute atomic E-state index is 1.25. The molecule has 0 aromatic heterocycles. The van der Waals surface area contributed by atoms with Crippen molar-refractivity contribution in [3.63, 3.8) is 0 Å². The van der Waals surface area contributed by atoms with E-state index >= 15 is 0 Å². The van der Waals surface area contributed by atoms with Gasteiger partial charge in [0.15, 0.2) is 0 Å². The van der Waals surface area contributed by atoms with Crippen LogP contribution in [0.3, 0.4) is 0 Å². The first-order valence-electron chi connectivity index (χ1n) is 5.41. The maximum Gasteiger partial charge on any atom is 0.0407 e. The summed E-state index contributed by atoms with van der Waals surface area (Å²) in [7, 11) is 0. The second kappa shape index (κ2) is 4.38. The molecule has 2 aromatic carbocycles. The molecule has 1 heterocycles. The Balaban J connectivity index is 2.18. The van der Waals surface area contributed by atoms with E-state index in [4.69, 9.17) is 0 Å². The van der Waals surface area contributed by atoms with Gasteiger partial charge in [0.05, 0.1) is 0 Å². The minimum atomic E-state index is 1.25. The van der Waals surface area contributed by atoms with Gasteiger partial charge in [0.25, 0.3) is 0 Å². The summed E-state index contributed by atoms with van der Waals surface area (Å²) in [6.07, 6.45) is 0. The number of hydrogen-bond acceptors (Lipinski definition) is 2. The van der Waals surface area contributed by atoms with Gasteiger partial charge < -0.3 is 0 Å². The van der Waals surface area contributed by atoms with E-state index in [1.54, 1.807) is 0 Å². The van der Waals surface area contributed by atoms with Crippen LogP contribution in [-0.2, 0) is 0 Å². The fourth-order valence-corrected chi connectivity index (χ4v) is 5.16. The molecular weight excluding hydrogens is 312 g/mol. The monoisotopic (exact) mass is 322 g/mol. The Labute approximate surface area is 118 Å². The Kier molecular flexibility index (Phi) is 3.01. The van der Waals surface area contributed by atoms with E-state index in [1.165, 1.54) is 35.2 Å². The SMILES string of the molecule is Cc1cc2c(c(Br)c1C)Sc1ccccc1S2. The third-order valence-electron chi connectivity index (χ3n) is 2.97. The first kappa shape index (κ1) is 11.7. The van der Waals surface area contributed by atoms with Crippen LogP contribution in [0.25, 0.3) is 0 Å². The van der Waals surface area contributed by atoms with Crippen molar-refractivity contribution in [3.05, 3.63) is 45.9 Å². The average Bonchev–Trinajstić information content (AvgIpc) is 2.34. The van der Waals surface area contributed by atoms with Crippen LogP contribution in [0.1, 0.15) is 11.1 Å². The standard InChI is InChI=1S/C14H11BrS2/c1-8-7-12-14(13(15)9(8)2)17-11-6-4-3-5-10(11)16-12/h3-7H,1-2H3. The molecule has 3 rings (SSSR count). The van der Waals surface area contributed by atoms with Crippen molar-refractivity contribution in [3.8, 4) is 0 Å². The normalized spacial score (nSPS) is 13.1. The van der Waals surface area contributed by atoms with E-state index in [9.17, 15) is 0 Å². The molecule has 0 fully saturated rings. The van der Waals surface area contributed by atoms with E-state index < -0.39 is 0 Å². The van der Waals surface area contributed by atoms with Crippen LogP contribution in [-0.4, -0.2) is 0 Å². The van der Waals surface area contributed by atoms with Gasteiger partial charge in [-0.1, -0.05) is 35.7 Å². The smallest absolute Gasteiger partial charge is 0.0407 e. The summed E-state index contributed by atoms with van der Waals surface area (Å²) in [5, 5.41) is 0. The third-order valence-corrected chi connectivity index (χ3v) is 6.81. The highest BCUT2D eigenvalue weighted by Crippen LogP contribution is 2.51. The summed E-state index contributed by atoms with van der Waals surface area (Å²) in [5.74, 6) is 0. The molecule has 0 unspecified atom stereocenters. The Hall–Kier alpha value is -0.380. The Morgan fingerprint density at radius 1 is 0.941 bits per heavy atom. The quantitative estimate of drug-likeness (QED) is 0.522. The Bertz CT molecular complexity index is 605. The molecule has 0 saturated carbocycles. The summed E-state index contributed by atoms with van der Waals surface area (Å²) in [6.45, 7) is 4.34. The lowest BCUT2D eigenvalue weighted by molar-refractivity contribution is 1.10. The molecule has 0 saturated heterocycles. The highest BCUT2D eigenvalue weighted by atomic mass is 79.9. The van der Waals surface area contributed by atoms with Gasteiger partial charge in [0, 0.05) is 24.1 Å². The van der Waals surface area contributed by atoms with Crippen LogP contribution in [0.15, 0.2) is 54.4 Å². The van der Waals surface area contributed by atoms with Crippen LogP contribution in [0, 0.1) is 13.8 Å². The molecule has 0 amide bonds. The molecule has 3 heteroatoms. The molecule has 0 nitrogen and oxygen atoms in total. The first-order chi connectivity index (χ1) is 8.16. The maximum absolute atomic E-state index is 3.73. The number of benzene rings is 2. The largest absolute Gasteiger partial charge is 0.0877 e. The van der Waals surface area contributed by atoms with E-state index in [2.05, 4.69) is 60.1 Å². The van der Waals surface area contributed by atoms with Gasteiger partial charge in [-0.05, 0) is 59.1 Å². The third kappa shape index (κ3) is 1.94. The fourth-order valence-electron chi connectivity index (χ4n) is 1.84. The highest BCUT2D eigenvalue weighted by Gasteiger charge is 2.20. The number of aryl methyl sites for hydroxylation is 1. The molecule has 0 bridgehead atoms. The van der Waals surface area contributed by atoms with Crippen molar-refractivity contribution >= 4 is 39.5 Å². The van der Waals surface area contributed by atoms with Crippen molar-refractivity contribution in [1.82, 2.24) is 0 Å². The second-order valence-corrected chi connectivity index (χ2v) is 7.04. The molecule has 0 N–H and O–H groups in total. The summed E-state index contributed by atoms with van der Waals surface area (Å²) >= 11 is 7.47. The Morgan fingerprint density at radius 2 is 1.59 bits per heavy atom. The van der Waals surface area contributed by atoms with E-state index in [-0.39, 0.29) is 0 Å². The fraction of sp³-hybridized carbons (Fsp3) is 0.143. The van der Waals surface area contributed by atoms with Crippen LogP contribution >= 0.6 is 39.5 Å². The van der Waals surface area contributed by atoms with Crippen molar-refractivity contribution in [2.75, 3.05) is 0 Å². The number of fused-ring (bicyclic) bond motifs is 2. The van der Waals surface area contributed by atoms with Gasteiger partial charge in [-0.15, -0.1) is 0 Å². The summed E-state index contributed by atoms with van der Waals surface area (Å²) in [5.41, 5.74) is 2.69. The van der Waals surface area contributed by atoms with Gasteiger partial charge in [0.2, 0.25) is 0 Å². The van der Waals surface area contributed by atoms with E-state index in [1.807, 2.05) is 23.5 Å². The average molecular weight is 323 g/mol. The van der Waals surface area contributed by atoms with Gasteiger partial charge in [-0.3, -0.25) is 0 Å². The highest BCUT2D eigenvalue weighted by molar-refractivity contribution is 9.10. The zero-order chi connectivity index (χ0) is 12.0. The lowest BCUT2D eigenvalue weighted by atomic mass is 10.1. The van der Waals surface area contributed by atoms with E-state index in [0.717, 1.165) is 0 Å². The molecule has 2 aromatic rings. The molecule has 0 spiro atoms. The van der Waals surface area contributed by atoms with Gasteiger partial charge in [0.1, 0.15) is 0 Å². The zero-order valence-corrected chi connectivity index (χ0v) is 12.8. The van der Waals surface area contributed by atoms with Crippen molar-refractivity contribution in [1.29, 1.82) is 0 Å². The molecular formula is C14H11BrS2. The van der Waals surface area contributed by atoms with Crippen molar-refractivity contribution in [2.24, 2.45) is 0 Å². The van der Waals surface area contributed by atoms with Crippen LogP contribution < -0.4 is 0 Å². The lowest BCUT2D eigenvalue weighted by Crippen LogP contribution is -1.94. The predicted octanol–water partition coefficient (Wildman–Crippen LogP) is 5.68. The molecule has 0 radical (unpaired) electrons. The topological polar surface area (TPSA) is 0 Å². The molecule has 86 valence electrons. The lowest BCUT2D eigenvalue weighted by Gasteiger charge is -2.21. The van der Waals surface area contributed by atoms with Crippen LogP contribution in [0.2, 0.25) is 0 Å². The number of halogens is 1. The molecule has 0 aliphatic carbocycles. The molecule has 1 aliphatic heterocycles. The maximum atomic E-state index is 3.73. The summed E-state index contributed by atoms with van der Waals surface area (Å²) in [6, 6.07) is 10.9. The van der Waals surface area contributed by atoms with Gasteiger partial charge in [-0.2, -0.15) is 0 Å². The van der Waals surface area contributed by atoms with E-state index in [0.29, 0.717) is 0 Å². The predicted molar refractivity (Wildman–Crippen MR) is 78.3 cm³/mol. The zero-order valence-electron chi connectivity index (χ0n) is 9.58. The van der Waals surface area contributed by atoms with Gasteiger partial charge in [-0.25, -0.2) is 0 Å².